The van der Waals surface area contributed by atoms with Gasteiger partial charge in [-0.1, -0.05) is 29.3 Å². The fourth-order valence-corrected chi connectivity index (χ4v) is 2.74. The Morgan fingerprint density at radius 2 is 2.00 bits per heavy atom. The van der Waals surface area contributed by atoms with Crippen molar-refractivity contribution in [2.24, 2.45) is 5.41 Å². The Balaban J connectivity index is 2.21. The molecular weight excluding hydrogens is 255 g/mol. The molecule has 0 aliphatic carbocycles. The van der Waals surface area contributed by atoms with Crippen LogP contribution in [-0.4, -0.2) is 13.1 Å². The molecule has 0 amide bonds. The second-order valence-corrected chi connectivity index (χ2v) is 5.40. The number of halogens is 2. The van der Waals surface area contributed by atoms with E-state index in [4.69, 9.17) is 23.2 Å². The number of nitriles is 1. The summed E-state index contributed by atoms with van der Waals surface area (Å²) >= 11 is 12.0. The minimum Gasteiger partial charge on any atom is -0.317 e. The van der Waals surface area contributed by atoms with Gasteiger partial charge in [0.1, 0.15) is 0 Å². The van der Waals surface area contributed by atoms with Crippen molar-refractivity contribution in [3.05, 3.63) is 33.8 Å². The molecule has 1 aliphatic heterocycles. The van der Waals surface area contributed by atoms with Gasteiger partial charge in [0, 0.05) is 10.0 Å². The van der Waals surface area contributed by atoms with Gasteiger partial charge in [0.15, 0.2) is 0 Å². The zero-order chi connectivity index (χ0) is 12.3. The molecule has 0 saturated carbocycles. The minimum atomic E-state index is -0.275. The van der Waals surface area contributed by atoms with Crippen molar-refractivity contribution in [3.8, 4) is 6.07 Å². The van der Waals surface area contributed by atoms with E-state index >= 15 is 0 Å². The summed E-state index contributed by atoms with van der Waals surface area (Å²) < 4.78 is 0. The summed E-state index contributed by atoms with van der Waals surface area (Å²) in [5, 5.41) is 14.0. The summed E-state index contributed by atoms with van der Waals surface area (Å²) in [6.45, 7) is 1.80. The van der Waals surface area contributed by atoms with E-state index in [9.17, 15) is 5.26 Å². The summed E-state index contributed by atoms with van der Waals surface area (Å²) in [6.07, 6.45) is 2.46. The molecule has 1 aromatic rings. The first-order chi connectivity index (χ1) is 8.15. The Kier molecular flexibility index (Phi) is 3.93. The van der Waals surface area contributed by atoms with Gasteiger partial charge in [0.05, 0.1) is 11.5 Å². The van der Waals surface area contributed by atoms with E-state index in [0.29, 0.717) is 16.5 Å². The normalized spacial score (nSPS) is 18.6. The molecule has 1 N–H and O–H groups in total. The van der Waals surface area contributed by atoms with Crippen LogP contribution >= 0.6 is 23.2 Å². The van der Waals surface area contributed by atoms with Crippen LogP contribution in [0.1, 0.15) is 18.4 Å². The highest BCUT2D eigenvalue weighted by Gasteiger charge is 2.32. The molecule has 0 unspecified atom stereocenters. The zero-order valence-corrected chi connectivity index (χ0v) is 11.0. The highest BCUT2D eigenvalue weighted by molar-refractivity contribution is 6.35. The molecular formula is C13H14Cl2N2. The lowest BCUT2D eigenvalue weighted by Crippen LogP contribution is -2.37. The molecule has 0 radical (unpaired) electrons. The second-order valence-electron chi connectivity index (χ2n) is 4.55. The first-order valence-electron chi connectivity index (χ1n) is 5.71. The van der Waals surface area contributed by atoms with Crippen LogP contribution < -0.4 is 5.32 Å². The maximum Gasteiger partial charge on any atom is 0.0694 e. The molecule has 0 aromatic heterocycles. The third-order valence-electron chi connectivity index (χ3n) is 3.34. The van der Waals surface area contributed by atoms with Gasteiger partial charge in [-0.05, 0) is 50.0 Å². The highest BCUT2D eigenvalue weighted by Crippen LogP contribution is 2.34. The van der Waals surface area contributed by atoms with E-state index in [-0.39, 0.29) is 5.41 Å². The van der Waals surface area contributed by atoms with Gasteiger partial charge in [0.2, 0.25) is 0 Å². The first kappa shape index (κ1) is 12.7. The van der Waals surface area contributed by atoms with Gasteiger partial charge < -0.3 is 5.32 Å². The SMILES string of the molecule is N#CC1(Cc2ccc(Cl)cc2Cl)CCNCC1. The number of rotatable bonds is 2. The molecule has 2 nitrogen and oxygen atoms in total. The van der Waals surface area contributed by atoms with Crippen LogP contribution in [0.4, 0.5) is 0 Å². The number of hydrogen-bond donors (Lipinski definition) is 1. The van der Waals surface area contributed by atoms with E-state index < -0.39 is 0 Å². The van der Waals surface area contributed by atoms with E-state index in [1.54, 1.807) is 6.07 Å². The molecule has 1 fully saturated rings. The summed E-state index contributed by atoms with van der Waals surface area (Å²) in [4.78, 5) is 0. The molecule has 0 spiro atoms. The molecule has 1 heterocycles. The molecule has 90 valence electrons. The van der Waals surface area contributed by atoms with Crippen molar-refractivity contribution in [3.63, 3.8) is 0 Å². The molecule has 1 saturated heterocycles. The lowest BCUT2D eigenvalue weighted by molar-refractivity contribution is 0.280. The molecule has 1 aliphatic rings. The van der Waals surface area contributed by atoms with Crippen LogP contribution in [0.25, 0.3) is 0 Å². The predicted octanol–water partition coefficient (Wildman–Crippen LogP) is 3.43. The molecule has 0 bridgehead atoms. The predicted molar refractivity (Wildman–Crippen MR) is 70.3 cm³/mol. The fraction of sp³-hybridized carbons (Fsp3) is 0.462. The largest absolute Gasteiger partial charge is 0.317 e. The zero-order valence-electron chi connectivity index (χ0n) is 9.47. The molecule has 2 rings (SSSR count). The van der Waals surface area contributed by atoms with Crippen LogP contribution in [0, 0.1) is 16.7 Å². The quantitative estimate of drug-likeness (QED) is 0.892. The fourth-order valence-electron chi connectivity index (χ4n) is 2.26. The monoisotopic (exact) mass is 268 g/mol. The summed E-state index contributed by atoms with van der Waals surface area (Å²) in [7, 11) is 0. The van der Waals surface area contributed by atoms with Crippen molar-refractivity contribution in [2.75, 3.05) is 13.1 Å². The standard InChI is InChI=1S/C13H14Cl2N2/c14-11-2-1-10(12(15)7-11)8-13(9-16)3-5-17-6-4-13/h1-2,7,17H,3-6,8H2. The summed E-state index contributed by atoms with van der Waals surface area (Å²) in [6, 6.07) is 7.97. The number of nitrogens with zero attached hydrogens (tertiary/aromatic N) is 1. The van der Waals surface area contributed by atoms with Crippen molar-refractivity contribution in [1.29, 1.82) is 5.26 Å². The Bertz CT molecular complexity index is 445. The Hall–Kier alpha value is -0.750. The van der Waals surface area contributed by atoms with E-state index in [2.05, 4.69) is 11.4 Å². The van der Waals surface area contributed by atoms with E-state index in [1.807, 2.05) is 12.1 Å². The van der Waals surface area contributed by atoms with Crippen LogP contribution in [0.2, 0.25) is 10.0 Å². The number of benzene rings is 1. The average Bonchev–Trinajstić information content (AvgIpc) is 2.34. The van der Waals surface area contributed by atoms with Crippen LogP contribution in [0.3, 0.4) is 0 Å². The first-order valence-corrected chi connectivity index (χ1v) is 6.47. The minimum absolute atomic E-state index is 0.275. The van der Waals surface area contributed by atoms with Crippen LogP contribution in [-0.2, 0) is 6.42 Å². The highest BCUT2D eigenvalue weighted by atomic mass is 35.5. The maximum absolute atomic E-state index is 9.40. The van der Waals surface area contributed by atoms with E-state index in [0.717, 1.165) is 31.5 Å². The van der Waals surface area contributed by atoms with Gasteiger partial charge >= 0.3 is 0 Å². The van der Waals surface area contributed by atoms with Crippen molar-refractivity contribution >= 4 is 23.2 Å². The van der Waals surface area contributed by atoms with Crippen molar-refractivity contribution in [2.45, 2.75) is 19.3 Å². The van der Waals surface area contributed by atoms with Gasteiger partial charge in [-0.2, -0.15) is 5.26 Å². The molecule has 17 heavy (non-hydrogen) atoms. The number of hydrogen-bond acceptors (Lipinski definition) is 2. The Labute approximate surface area is 112 Å². The topological polar surface area (TPSA) is 35.8 Å². The van der Waals surface area contributed by atoms with Crippen LogP contribution in [0.5, 0.6) is 0 Å². The molecule has 0 atom stereocenters. The average molecular weight is 269 g/mol. The van der Waals surface area contributed by atoms with Gasteiger partial charge in [-0.3, -0.25) is 0 Å². The Morgan fingerprint density at radius 1 is 1.29 bits per heavy atom. The number of piperidine rings is 1. The van der Waals surface area contributed by atoms with Crippen molar-refractivity contribution < 1.29 is 0 Å². The molecule has 1 aromatic carbocycles. The second kappa shape index (κ2) is 5.27. The van der Waals surface area contributed by atoms with Crippen molar-refractivity contribution in [1.82, 2.24) is 5.32 Å². The lowest BCUT2D eigenvalue weighted by Gasteiger charge is -2.31. The van der Waals surface area contributed by atoms with Crippen LogP contribution in [0.15, 0.2) is 18.2 Å². The maximum atomic E-state index is 9.40. The van der Waals surface area contributed by atoms with Gasteiger partial charge in [0.25, 0.3) is 0 Å². The van der Waals surface area contributed by atoms with Gasteiger partial charge in [-0.25, -0.2) is 0 Å². The third-order valence-corrected chi connectivity index (χ3v) is 3.93. The van der Waals surface area contributed by atoms with Gasteiger partial charge in [-0.15, -0.1) is 0 Å². The van der Waals surface area contributed by atoms with E-state index in [1.165, 1.54) is 0 Å². The smallest absolute Gasteiger partial charge is 0.0694 e. The number of nitrogens with one attached hydrogen (secondary N) is 1. The lowest BCUT2D eigenvalue weighted by atomic mass is 9.75. The Morgan fingerprint density at radius 3 is 2.59 bits per heavy atom. The third kappa shape index (κ3) is 2.93. The summed E-state index contributed by atoms with van der Waals surface area (Å²) in [5.74, 6) is 0. The summed E-state index contributed by atoms with van der Waals surface area (Å²) in [5.41, 5.74) is 0.738. The molecule has 4 heteroatoms.